The van der Waals surface area contributed by atoms with E-state index in [4.69, 9.17) is 34.9 Å². The summed E-state index contributed by atoms with van der Waals surface area (Å²) in [6, 6.07) is 0. The molecule has 7 nitrogen and oxygen atoms in total. The fourth-order valence-electron chi connectivity index (χ4n) is 1.23. The highest BCUT2D eigenvalue weighted by Gasteiger charge is 2.47. The minimum absolute atomic E-state index is 0.524. The fourth-order valence-corrected chi connectivity index (χ4v) is 2.55. The van der Waals surface area contributed by atoms with Crippen molar-refractivity contribution in [2.24, 2.45) is 17.2 Å². The Morgan fingerprint density at radius 1 is 1.12 bits per heavy atom. The van der Waals surface area contributed by atoms with Crippen molar-refractivity contribution in [1.29, 1.82) is 0 Å². The number of rotatable bonds is 8. The molecule has 1 atom stereocenters. The SMILES string of the molecule is CCCC(N)(N)C(N)O[Si](OC)(OC)OC. The van der Waals surface area contributed by atoms with Crippen LogP contribution in [0.2, 0.25) is 0 Å². The molecule has 0 fully saturated rings. The van der Waals surface area contributed by atoms with E-state index in [1.807, 2.05) is 6.92 Å². The first kappa shape index (κ1) is 15.9. The van der Waals surface area contributed by atoms with Gasteiger partial charge in [0, 0.05) is 21.3 Å². The molecule has 0 aromatic rings. The van der Waals surface area contributed by atoms with Crippen LogP contribution >= 0.6 is 0 Å². The molecule has 0 rings (SSSR count). The van der Waals surface area contributed by atoms with E-state index in [2.05, 4.69) is 0 Å². The van der Waals surface area contributed by atoms with Gasteiger partial charge in [-0.25, -0.2) is 0 Å². The van der Waals surface area contributed by atoms with E-state index in [9.17, 15) is 0 Å². The Balaban J connectivity index is 4.56. The molecule has 0 aliphatic heterocycles. The van der Waals surface area contributed by atoms with E-state index < -0.39 is 20.9 Å². The van der Waals surface area contributed by atoms with E-state index in [-0.39, 0.29) is 0 Å². The van der Waals surface area contributed by atoms with Gasteiger partial charge >= 0.3 is 9.05 Å². The first-order valence-corrected chi connectivity index (χ1v) is 6.67. The summed E-state index contributed by atoms with van der Waals surface area (Å²) in [6.07, 6.45) is 0.403. The lowest BCUT2D eigenvalue weighted by Crippen LogP contribution is -2.67. The molecular weight excluding hydrogens is 230 g/mol. The third kappa shape index (κ3) is 4.07. The summed E-state index contributed by atoms with van der Waals surface area (Å²) in [5.74, 6) is 0. The van der Waals surface area contributed by atoms with E-state index in [1.54, 1.807) is 0 Å². The van der Waals surface area contributed by atoms with Crippen LogP contribution in [-0.2, 0) is 17.7 Å². The van der Waals surface area contributed by atoms with Crippen molar-refractivity contribution in [2.45, 2.75) is 31.7 Å². The monoisotopic (exact) mass is 253 g/mol. The second-order valence-electron chi connectivity index (χ2n) is 3.51. The third-order valence-electron chi connectivity index (χ3n) is 2.23. The molecule has 8 heteroatoms. The number of hydrogen-bond donors (Lipinski definition) is 3. The average Bonchev–Trinajstić information content (AvgIpc) is 2.25. The summed E-state index contributed by atoms with van der Waals surface area (Å²) >= 11 is 0. The molecule has 0 saturated heterocycles. The van der Waals surface area contributed by atoms with Crippen LogP contribution in [0.4, 0.5) is 0 Å². The molecule has 0 aliphatic rings. The van der Waals surface area contributed by atoms with E-state index in [0.29, 0.717) is 6.42 Å². The summed E-state index contributed by atoms with van der Waals surface area (Å²) in [7, 11) is 1.05. The summed E-state index contributed by atoms with van der Waals surface area (Å²) in [6.45, 7) is 1.95. The van der Waals surface area contributed by atoms with E-state index in [1.165, 1.54) is 21.3 Å². The zero-order valence-electron chi connectivity index (χ0n) is 10.4. The Bertz CT molecular complexity index is 193. The highest BCUT2D eigenvalue weighted by Crippen LogP contribution is 2.15. The molecule has 0 radical (unpaired) electrons. The first-order chi connectivity index (χ1) is 7.37. The molecule has 0 spiro atoms. The van der Waals surface area contributed by atoms with Crippen LogP contribution in [0.5, 0.6) is 0 Å². The predicted molar refractivity (Wildman–Crippen MR) is 61.9 cm³/mol. The minimum Gasteiger partial charge on any atom is -0.355 e. The summed E-state index contributed by atoms with van der Waals surface area (Å²) in [4.78, 5) is 0. The molecular formula is C8H23N3O4Si. The number of hydrogen-bond acceptors (Lipinski definition) is 7. The highest BCUT2D eigenvalue weighted by atomic mass is 28.4. The molecule has 1 unspecified atom stereocenters. The van der Waals surface area contributed by atoms with Gasteiger partial charge in [0.2, 0.25) is 0 Å². The summed E-state index contributed by atoms with van der Waals surface area (Å²) in [5.41, 5.74) is 16.3. The Kier molecular flexibility index (Phi) is 6.59. The van der Waals surface area contributed by atoms with Gasteiger partial charge in [0.25, 0.3) is 0 Å². The van der Waals surface area contributed by atoms with Gasteiger partial charge in [0.1, 0.15) is 11.9 Å². The zero-order valence-corrected chi connectivity index (χ0v) is 11.4. The molecule has 6 N–H and O–H groups in total. The lowest BCUT2D eigenvalue weighted by molar-refractivity contribution is -0.0438. The molecule has 0 aromatic carbocycles. The van der Waals surface area contributed by atoms with Gasteiger partial charge in [-0.3, -0.25) is 0 Å². The molecule has 0 amide bonds. The quantitative estimate of drug-likeness (QED) is 0.378. The van der Waals surface area contributed by atoms with Crippen LogP contribution < -0.4 is 17.2 Å². The Morgan fingerprint density at radius 2 is 1.56 bits per heavy atom. The second-order valence-corrected chi connectivity index (χ2v) is 5.97. The van der Waals surface area contributed by atoms with Crippen LogP contribution in [0, 0.1) is 0 Å². The fraction of sp³-hybridized carbons (Fsp3) is 1.00. The van der Waals surface area contributed by atoms with E-state index in [0.717, 1.165) is 6.42 Å². The van der Waals surface area contributed by atoms with Crippen molar-refractivity contribution in [3.8, 4) is 0 Å². The van der Waals surface area contributed by atoms with Crippen molar-refractivity contribution >= 4 is 9.05 Å². The normalized spacial score (nSPS) is 15.2. The Labute approximate surface area is 97.6 Å². The Hall–Kier alpha value is -0.0631. The van der Waals surface area contributed by atoms with Gasteiger partial charge in [-0.05, 0) is 6.42 Å². The largest absolute Gasteiger partial charge is 0.680 e. The van der Waals surface area contributed by atoms with Crippen LogP contribution in [0.3, 0.4) is 0 Å². The summed E-state index contributed by atoms with van der Waals surface area (Å²) in [5, 5.41) is 0. The van der Waals surface area contributed by atoms with Crippen molar-refractivity contribution in [1.82, 2.24) is 0 Å². The topological polar surface area (TPSA) is 115 Å². The maximum Gasteiger partial charge on any atom is 0.680 e. The lowest BCUT2D eigenvalue weighted by Gasteiger charge is -2.35. The molecule has 0 bridgehead atoms. The Morgan fingerprint density at radius 3 is 1.88 bits per heavy atom. The molecule has 98 valence electrons. The van der Waals surface area contributed by atoms with Crippen LogP contribution in [0.15, 0.2) is 0 Å². The highest BCUT2D eigenvalue weighted by molar-refractivity contribution is 6.53. The van der Waals surface area contributed by atoms with Crippen molar-refractivity contribution in [2.75, 3.05) is 21.3 Å². The smallest absolute Gasteiger partial charge is 0.355 e. The van der Waals surface area contributed by atoms with Crippen molar-refractivity contribution in [3.63, 3.8) is 0 Å². The van der Waals surface area contributed by atoms with E-state index >= 15 is 0 Å². The predicted octanol–water partition coefficient (Wildman–Crippen LogP) is -0.924. The van der Waals surface area contributed by atoms with Gasteiger partial charge in [-0.1, -0.05) is 13.3 Å². The minimum atomic E-state index is -3.20. The van der Waals surface area contributed by atoms with Crippen LogP contribution in [0.1, 0.15) is 19.8 Å². The van der Waals surface area contributed by atoms with Gasteiger partial charge < -0.3 is 34.9 Å². The number of nitrogens with two attached hydrogens (primary N) is 3. The molecule has 0 heterocycles. The van der Waals surface area contributed by atoms with Gasteiger partial charge in [0.15, 0.2) is 0 Å². The maximum absolute atomic E-state index is 5.83. The van der Waals surface area contributed by atoms with Crippen LogP contribution in [-0.4, -0.2) is 42.3 Å². The van der Waals surface area contributed by atoms with Gasteiger partial charge in [-0.15, -0.1) is 0 Å². The average molecular weight is 253 g/mol. The lowest BCUT2D eigenvalue weighted by atomic mass is 10.1. The molecule has 0 aromatic heterocycles. The second kappa shape index (κ2) is 6.62. The van der Waals surface area contributed by atoms with Gasteiger partial charge in [-0.2, -0.15) is 0 Å². The summed E-state index contributed by atoms with van der Waals surface area (Å²) < 4.78 is 20.6. The van der Waals surface area contributed by atoms with Crippen LogP contribution in [0.25, 0.3) is 0 Å². The zero-order chi connectivity index (χ0) is 12.8. The maximum atomic E-state index is 5.83. The first-order valence-electron chi connectivity index (χ1n) is 5.04. The molecule has 0 aliphatic carbocycles. The molecule has 16 heavy (non-hydrogen) atoms. The van der Waals surface area contributed by atoms with Gasteiger partial charge in [0.05, 0.1) is 0 Å². The third-order valence-corrected chi connectivity index (χ3v) is 4.28. The molecule has 0 saturated carbocycles. The van der Waals surface area contributed by atoms with Crippen molar-refractivity contribution in [3.05, 3.63) is 0 Å². The standard InChI is InChI=1S/C8H23N3O4Si/c1-5-6-8(10,11)7(9)15-16(12-2,13-3)14-4/h7H,5-6,9-11H2,1-4H3. The van der Waals surface area contributed by atoms with Crippen molar-refractivity contribution < 1.29 is 17.7 Å².